The van der Waals surface area contributed by atoms with Gasteiger partial charge in [0.2, 0.25) is 0 Å². The summed E-state index contributed by atoms with van der Waals surface area (Å²) in [5.41, 5.74) is 1.32. The molecule has 0 fully saturated rings. The number of hydrogen-bond donors (Lipinski definition) is 0. The van der Waals surface area contributed by atoms with Crippen LogP contribution in [0.1, 0.15) is 307 Å². The van der Waals surface area contributed by atoms with E-state index in [1.807, 2.05) is 0 Å². The molecule has 0 spiro atoms. The molecule has 10 aromatic rings. The molecule has 0 aliphatic heterocycles. The predicted molar refractivity (Wildman–Crippen MR) is 481 cm³/mol. The van der Waals surface area contributed by atoms with E-state index in [0.717, 1.165) is 38.5 Å². The van der Waals surface area contributed by atoms with Gasteiger partial charge in [0.15, 0.2) is 0 Å². The second-order valence-electron chi connectivity index (χ2n) is 31.0. The molecule has 21 nitrogen and oxygen atoms in total. The minimum absolute atomic E-state index is 0.0126. The molecule has 0 unspecified atom stereocenters. The standard InChI is InChI=1S/C105H114O21/c1-4-7-10-13-16-19-22-25-28-31-70-115-85-52-34-76(35-53-85)97(106)118-88-58-40-79(41-59-88)100(109)121-91-64-46-82(47-65-91)103(112)124-94-73-95(125-104(113)83-48-66-92(67-49-83)122-101(110)80-42-60-89(61-43-80)119-98(107)77-36-54-86(55-37-77)116-71-32-29-26-23-20-17-14-11-8-5-2)75-96(74-94)126-105(114)84-50-68-93(69-51-84)123-102(111)81-44-62-90(63-45-81)120-99(108)78-38-56-87(57-39-78)117-72-33-30-27-24-21-18-15-12-9-6-3/h34-69,73-75H,4-33,70-72H2,1-3H3. The van der Waals surface area contributed by atoms with Gasteiger partial charge >= 0.3 is 53.7 Å². The molecule has 0 aliphatic carbocycles. The Morgan fingerprint density at radius 3 is 0.413 bits per heavy atom. The fourth-order valence-corrected chi connectivity index (χ4v) is 13.6. The van der Waals surface area contributed by atoms with Crippen molar-refractivity contribution in [2.45, 2.75) is 213 Å². The molecule has 126 heavy (non-hydrogen) atoms. The summed E-state index contributed by atoms with van der Waals surface area (Å²) in [6.07, 6.45) is 36.8. The molecule has 0 saturated heterocycles. The molecule has 0 bridgehead atoms. The Morgan fingerprint density at radius 1 is 0.151 bits per heavy atom. The van der Waals surface area contributed by atoms with E-state index in [1.54, 1.807) is 72.8 Å². The van der Waals surface area contributed by atoms with Crippen molar-refractivity contribution in [3.8, 4) is 69.0 Å². The minimum Gasteiger partial charge on any atom is -0.494 e. The number of benzene rings is 10. The van der Waals surface area contributed by atoms with Crippen LogP contribution >= 0.6 is 0 Å². The lowest BCUT2D eigenvalue weighted by atomic mass is 10.1. The van der Waals surface area contributed by atoms with Gasteiger partial charge in [-0.15, -0.1) is 0 Å². The lowest BCUT2D eigenvalue weighted by molar-refractivity contribution is 0.0709. The number of carbonyl (C=O) groups excluding carboxylic acids is 9. The lowest BCUT2D eigenvalue weighted by Gasteiger charge is -2.12. The third-order valence-corrected chi connectivity index (χ3v) is 20.9. The van der Waals surface area contributed by atoms with Gasteiger partial charge in [-0.25, -0.2) is 43.2 Å². The van der Waals surface area contributed by atoms with E-state index < -0.39 is 53.7 Å². The fourth-order valence-electron chi connectivity index (χ4n) is 13.6. The Balaban J connectivity index is 0.714. The van der Waals surface area contributed by atoms with Gasteiger partial charge in [-0.1, -0.05) is 194 Å². The highest BCUT2D eigenvalue weighted by molar-refractivity contribution is 5.97. The first-order valence-corrected chi connectivity index (χ1v) is 44.5. The zero-order valence-corrected chi connectivity index (χ0v) is 72.4. The Morgan fingerprint density at radius 2 is 0.270 bits per heavy atom. The predicted octanol–water partition coefficient (Wildman–Crippen LogP) is 25.6. The van der Waals surface area contributed by atoms with Crippen LogP contribution < -0.4 is 56.8 Å². The number of hydrogen-bond acceptors (Lipinski definition) is 21. The number of esters is 9. The maximum absolute atomic E-state index is 13.9. The second kappa shape index (κ2) is 53.1. The highest BCUT2D eigenvalue weighted by Crippen LogP contribution is 2.33. The molecule has 0 N–H and O–H groups in total. The van der Waals surface area contributed by atoms with Crippen LogP contribution in [0.4, 0.5) is 0 Å². The zero-order chi connectivity index (χ0) is 88.7. The zero-order valence-electron chi connectivity index (χ0n) is 72.4. The SMILES string of the molecule is CCCCCCCCCCCCOc1ccc(C(=O)Oc2ccc(C(=O)Oc3ccc(C(=O)Oc4cc(OC(=O)c5ccc(OC(=O)c6ccc(OC(=O)c7ccc(OCCCCCCCCCCCC)cc7)cc6)cc5)cc(OC(=O)c5ccc(OC(=O)c6ccc(OC(=O)c7ccc(OCCCCCCCCCCCC)cc7)cc6)cc5)c4)cc3)cc2)cc1. The third-order valence-electron chi connectivity index (χ3n) is 20.9. The van der Waals surface area contributed by atoms with Gasteiger partial charge in [-0.3, -0.25) is 0 Å². The molecule has 0 aliphatic rings. The molecule has 0 atom stereocenters. The summed E-state index contributed by atoms with van der Waals surface area (Å²) < 4.78 is 68.5. The second-order valence-corrected chi connectivity index (χ2v) is 31.0. The van der Waals surface area contributed by atoms with Gasteiger partial charge in [0.1, 0.15) is 69.0 Å². The molecular weight excluding hydrogens is 1600 g/mol. The van der Waals surface area contributed by atoms with Crippen molar-refractivity contribution < 1.29 is 100.0 Å². The maximum atomic E-state index is 13.9. The van der Waals surface area contributed by atoms with Gasteiger partial charge in [0.05, 0.1) is 69.9 Å². The summed E-state index contributed by atoms with van der Waals surface area (Å²) in [5.74, 6) is -4.78. The topological polar surface area (TPSA) is 264 Å². The molecule has 10 rings (SSSR count). The quantitative estimate of drug-likeness (QED) is 0.0195. The van der Waals surface area contributed by atoms with E-state index in [9.17, 15) is 43.2 Å². The molecule has 21 heteroatoms. The Labute approximate surface area is 738 Å². The van der Waals surface area contributed by atoms with E-state index in [0.29, 0.717) is 53.8 Å². The van der Waals surface area contributed by atoms with E-state index in [1.165, 1.54) is 318 Å². The number of carbonyl (C=O) groups is 9. The first kappa shape index (κ1) is 95.1. The molecule has 0 aromatic heterocycles. The molecule has 660 valence electrons. The van der Waals surface area contributed by atoms with Crippen molar-refractivity contribution >= 4 is 53.7 Å². The van der Waals surface area contributed by atoms with Crippen molar-refractivity contribution in [3.05, 3.63) is 287 Å². The summed E-state index contributed by atoms with van der Waals surface area (Å²) in [7, 11) is 0. The minimum atomic E-state index is -0.925. The summed E-state index contributed by atoms with van der Waals surface area (Å²) >= 11 is 0. The van der Waals surface area contributed by atoms with Crippen LogP contribution in [0, 0.1) is 0 Å². The highest BCUT2D eigenvalue weighted by Gasteiger charge is 2.22. The van der Waals surface area contributed by atoms with E-state index in [2.05, 4.69) is 20.8 Å². The summed E-state index contributed by atoms with van der Waals surface area (Å²) in [5, 5.41) is 0. The lowest BCUT2D eigenvalue weighted by Crippen LogP contribution is -2.13. The Kier molecular flexibility index (Phi) is 40.1. The average Bonchev–Trinajstić information content (AvgIpc) is 0.847. The molecule has 10 aromatic carbocycles. The van der Waals surface area contributed by atoms with Crippen LogP contribution in [0.5, 0.6) is 69.0 Å². The van der Waals surface area contributed by atoms with Crippen molar-refractivity contribution in [3.63, 3.8) is 0 Å². The van der Waals surface area contributed by atoms with Gasteiger partial charge < -0.3 is 56.8 Å². The average molecular weight is 1710 g/mol. The smallest absolute Gasteiger partial charge is 0.343 e. The normalized spacial score (nSPS) is 10.9. The van der Waals surface area contributed by atoms with Crippen molar-refractivity contribution in [2.24, 2.45) is 0 Å². The van der Waals surface area contributed by atoms with E-state index in [4.69, 9.17) is 56.8 Å². The molecule has 0 heterocycles. The van der Waals surface area contributed by atoms with Crippen LogP contribution in [0.15, 0.2) is 237 Å². The first-order chi connectivity index (χ1) is 61.5. The summed E-state index contributed by atoms with van der Waals surface area (Å²) in [6, 6.07) is 57.4. The largest absolute Gasteiger partial charge is 0.494 e. The third kappa shape index (κ3) is 33.5. The Hall–Kier alpha value is -13.2. The Bertz CT molecular complexity index is 4530. The first-order valence-electron chi connectivity index (χ1n) is 44.5. The van der Waals surface area contributed by atoms with Gasteiger partial charge in [0.25, 0.3) is 0 Å². The van der Waals surface area contributed by atoms with Gasteiger partial charge in [-0.2, -0.15) is 0 Å². The molecule has 0 radical (unpaired) electrons. The van der Waals surface area contributed by atoms with E-state index >= 15 is 0 Å². The van der Waals surface area contributed by atoms with Crippen LogP contribution in [0.2, 0.25) is 0 Å². The monoisotopic (exact) mass is 1710 g/mol. The number of rotatable bonds is 54. The van der Waals surface area contributed by atoms with Crippen LogP contribution in [-0.4, -0.2) is 73.5 Å². The maximum Gasteiger partial charge on any atom is 0.343 e. The molecule has 0 saturated carbocycles. The van der Waals surface area contributed by atoms with Crippen molar-refractivity contribution in [1.29, 1.82) is 0 Å². The molecule has 0 amide bonds. The van der Waals surface area contributed by atoms with Crippen molar-refractivity contribution in [1.82, 2.24) is 0 Å². The number of unbranched alkanes of at least 4 members (excludes halogenated alkanes) is 27. The van der Waals surface area contributed by atoms with Crippen LogP contribution in [0.25, 0.3) is 0 Å². The van der Waals surface area contributed by atoms with E-state index in [-0.39, 0.29) is 85.1 Å². The fraction of sp³-hybridized carbons (Fsp3) is 0.343. The number of ether oxygens (including phenoxy) is 12. The van der Waals surface area contributed by atoms with Gasteiger partial charge in [-0.05, 0) is 238 Å². The van der Waals surface area contributed by atoms with Crippen LogP contribution in [-0.2, 0) is 0 Å². The highest BCUT2D eigenvalue weighted by atomic mass is 16.6. The molecular formula is C105H114O21. The summed E-state index contributed by atoms with van der Waals surface area (Å²) in [4.78, 5) is 121. The van der Waals surface area contributed by atoms with Gasteiger partial charge in [0, 0.05) is 18.2 Å². The van der Waals surface area contributed by atoms with Crippen LogP contribution in [0.3, 0.4) is 0 Å². The van der Waals surface area contributed by atoms with Crippen molar-refractivity contribution in [2.75, 3.05) is 19.8 Å². The summed E-state index contributed by atoms with van der Waals surface area (Å²) in [6.45, 7) is 8.46.